The van der Waals surface area contributed by atoms with Crippen LogP contribution in [0.15, 0.2) is 48.5 Å². The number of carbonyl (C=O) groups excluding carboxylic acids is 3. The Bertz CT molecular complexity index is 1480. The molecule has 2 unspecified atom stereocenters. The first-order valence-electron chi connectivity index (χ1n) is 17.0. The van der Waals surface area contributed by atoms with Crippen molar-refractivity contribution in [3.63, 3.8) is 0 Å². The Morgan fingerprint density at radius 1 is 0.577 bits per heavy atom. The number of thioether (sulfide) groups is 2. The Morgan fingerprint density at radius 2 is 0.923 bits per heavy atom. The fourth-order valence-electron chi connectivity index (χ4n) is 3.81. The van der Waals surface area contributed by atoms with Gasteiger partial charge >= 0.3 is 23.9 Å². The van der Waals surface area contributed by atoms with Crippen LogP contribution in [0, 0.1) is 16.2 Å². The molecule has 2 atom stereocenters. The number of nitrogens with one attached hydrogen (secondary N) is 2. The van der Waals surface area contributed by atoms with E-state index in [4.69, 9.17) is 19.7 Å². The lowest BCUT2D eigenvalue weighted by molar-refractivity contribution is -0.152. The van der Waals surface area contributed by atoms with Gasteiger partial charge in [0.25, 0.3) is 0 Å². The van der Waals surface area contributed by atoms with Crippen molar-refractivity contribution in [2.75, 3.05) is 24.7 Å². The van der Waals surface area contributed by atoms with Gasteiger partial charge in [-0.25, -0.2) is 9.59 Å². The summed E-state index contributed by atoms with van der Waals surface area (Å²) in [7, 11) is 0. The number of rotatable bonds is 14. The minimum absolute atomic E-state index is 0.0174. The maximum absolute atomic E-state index is 12.4. The summed E-state index contributed by atoms with van der Waals surface area (Å²) < 4.78 is 10.6. The summed E-state index contributed by atoms with van der Waals surface area (Å²) in [5, 5.41) is 24.2. The molecule has 11 nitrogen and oxygen atoms in total. The Kier molecular flexibility index (Phi) is 17.9. The van der Waals surface area contributed by atoms with Crippen LogP contribution in [0.5, 0.6) is 0 Å². The molecule has 2 aromatic carbocycles. The van der Waals surface area contributed by atoms with Crippen molar-refractivity contribution in [2.45, 2.75) is 99.4 Å². The normalized spacial score (nSPS) is 13.2. The number of amides is 1. The van der Waals surface area contributed by atoms with Crippen molar-refractivity contribution in [2.24, 2.45) is 16.2 Å². The number of hydrogen-bond acceptors (Lipinski definition) is 10. The molecule has 4 N–H and O–H groups in total. The largest absolute Gasteiger partial charge is 0.478 e. The van der Waals surface area contributed by atoms with Crippen LogP contribution in [0.2, 0.25) is 0 Å². The molecule has 0 saturated carbocycles. The molecule has 2 aromatic rings. The molecule has 290 valence electrons. The first kappa shape index (κ1) is 46.5. The number of ether oxygens (including phenoxy) is 2. The molecular weight excluding hydrogens is 705 g/mol. The Labute approximate surface area is 317 Å². The zero-order valence-electron chi connectivity index (χ0n) is 32.7. The number of aromatic carboxylic acids is 2. The van der Waals surface area contributed by atoms with Crippen molar-refractivity contribution >= 4 is 53.3 Å². The highest BCUT2D eigenvalue weighted by Crippen LogP contribution is 2.30. The fraction of sp³-hybridized carbons (Fsp3) is 0.564. The predicted molar refractivity (Wildman–Crippen MR) is 209 cm³/mol. The van der Waals surface area contributed by atoms with Crippen molar-refractivity contribution in [3.8, 4) is 0 Å². The monoisotopic (exact) mass is 762 g/mol. The fourth-order valence-corrected chi connectivity index (χ4v) is 5.96. The van der Waals surface area contributed by atoms with E-state index in [2.05, 4.69) is 31.4 Å². The molecule has 52 heavy (non-hydrogen) atoms. The zero-order valence-corrected chi connectivity index (χ0v) is 34.3. The van der Waals surface area contributed by atoms with Crippen LogP contribution in [0.25, 0.3) is 0 Å². The Morgan fingerprint density at radius 3 is 1.23 bits per heavy atom. The molecule has 0 aliphatic heterocycles. The van der Waals surface area contributed by atoms with Gasteiger partial charge in [-0.3, -0.25) is 19.7 Å². The third kappa shape index (κ3) is 17.8. The summed E-state index contributed by atoms with van der Waals surface area (Å²) in [4.78, 5) is 58.1. The molecular formula is C39H58N2O9S2. The Hall–Kier alpha value is -3.55. The summed E-state index contributed by atoms with van der Waals surface area (Å²) in [5.41, 5.74) is 0.504. The van der Waals surface area contributed by atoms with Gasteiger partial charge in [0.15, 0.2) is 0 Å². The van der Waals surface area contributed by atoms with Crippen LogP contribution in [-0.4, -0.2) is 70.3 Å². The van der Waals surface area contributed by atoms with E-state index in [1.807, 2.05) is 53.7 Å². The molecule has 1 amide bonds. The highest BCUT2D eigenvalue weighted by molar-refractivity contribution is 7.99. The minimum atomic E-state index is -1.00. The van der Waals surface area contributed by atoms with E-state index in [0.29, 0.717) is 18.1 Å². The van der Waals surface area contributed by atoms with Gasteiger partial charge in [0, 0.05) is 22.5 Å². The van der Waals surface area contributed by atoms with E-state index in [0.717, 1.165) is 11.1 Å². The van der Waals surface area contributed by atoms with Gasteiger partial charge in [0.05, 0.1) is 27.3 Å². The van der Waals surface area contributed by atoms with Gasteiger partial charge in [-0.1, -0.05) is 45.0 Å². The van der Waals surface area contributed by atoms with Gasteiger partial charge in [0.2, 0.25) is 5.91 Å². The predicted octanol–water partition coefficient (Wildman–Crippen LogP) is 7.96. The van der Waals surface area contributed by atoms with Crippen LogP contribution in [0.1, 0.15) is 126 Å². The zero-order chi connectivity index (χ0) is 40.1. The molecule has 0 aromatic heterocycles. The first-order valence-corrected chi connectivity index (χ1v) is 19.1. The molecule has 0 fully saturated rings. The standard InChI is InChI=1S/C20H29NO5S.C19H29NO4S/c1-19(2,3)17(24)21-15(13-7-9-14(10-8-13)16(22)23)27-12-11-26-18(25)20(4,5)6;1-18(2,3)17(23)24-11-12-25-15(20-19(4,5)6)13-7-9-14(10-8-13)16(21)22/h7-10,15H,11-12H2,1-6H3,(H,21,24)(H,22,23);7-10,15,20H,11-12H2,1-6H3,(H,21,22). The molecule has 0 radical (unpaired) electrons. The molecule has 0 saturated heterocycles. The van der Waals surface area contributed by atoms with Crippen LogP contribution in [0.4, 0.5) is 0 Å². The third-order valence-electron chi connectivity index (χ3n) is 6.86. The Balaban J connectivity index is 0.000000522. The average molecular weight is 763 g/mol. The second-order valence-corrected chi connectivity index (χ2v) is 18.7. The van der Waals surface area contributed by atoms with Gasteiger partial charge in [-0.15, -0.1) is 23.5 Å². The highest BCUT2D eigenvalue weighted by Gasteiger charge is 2.27. The maximum atomic E-state index is 12.4. The van der Waals surface area contributed by atoms with Gasteiger partial charge in [-0.05, 0) is 97.7 Å². The third-order valence-corrected chi connectivity index (χ3v) is 9.11. The van der Waals surface area contributed by atoms with Crippen LogP contribution < -0.4 is 10.6 Å². The molecule has 0 aliphatic carbocycles. The van der Waals surface area contributed by atoms with E-state index >= 15 is 0 Å². The van der Waals surface area contributed by atoms with Crippen molar-refractivity contribution in [3.05, 3.63) is 70.8 Å². The molecule has 13 heteroatoms. The minimum Gasteiger partial charge on any atom is -0.478 e. The molecule has 0 aliphatic rings. The highest BCUT2D eigenvalue weighted by atomic mass is 32.2. The van der Waals surface area contributed by atoms with Crippen molar-refractivity contribution in [1.82, 2.24) is 10.6 Å². The number of carbonyl (C=O) groups is 5. The summed E-state index contributed by atoms with van der Waals surface area (Å²) in [5.74, 6) is -1.39. The topological polar surface area (TPSA) is 168 Å². The first-order chi connectivity index (χ1) is 23.7. The van der Waals surface area contributed by atoms with Gasteiger partial charge < -0.3 is 25.0 Å². The van der Waals surface area contributed by atoms with Crippen molar-refractivity contribution in [1.29, 1.82) is 0 Å². The average Bonchev–Trinajstić information content (AvgIpc) is 3.02. The van der Waals surface area contributed by atoms with E-state index < -0.39 is 28.2 Å². The van der Waals surface area contributed by atoms with Crippen molar-refractivity contribution < 1.29 is 43.7 Å². The maximum Gasteiger partial charge on any atom is 0.335 e. The summed E-state index contributed by atoms with van der Waals surface area (Å²) in [6.45, 7) is 23.1. The van der Waals surface area contributed by atoms with E-state index in [-0.39, 0.29) is 51.9 Å². The number of hydrogen-bond donors (Lipinski definition) is 4. The molecule has 0 heterocycles. The second kappa shape index (κ2) is 20.1. The van der Waals surface area contributed by atoms with Gasteiger partial charge in [0.1, 0.15) is 18.6 Å². The van der Waals surface area contributed by atoms with Crippen LogP contribution >= 0.6 is 23.5 Å². The number of esters is 2. The van der Waals surface area contributed by atoms with Crippen LogP contribution in [0.3, 0.4) is 0 Å². The van der Waals surface area contributed by atoms with Crippen LogP contribution in [-0.2, 0) is 23.9 Å². The smallest absolute Gasteiger partial charge is 0.335 e. The van der Waals surface area contributed by atoms with Gasteiger partial charge in [-0.2, -0.15) is 0 Å². The summed E-state index contributed by atoms with van der Waals surface area (Å²) >= 11 is 3.06. The lowest BCUT2D eigenvalue weighted by Gasteiger charge is -2.28. The van der Waals surface area contributed by atoms with E-state index in [1.165, 1.54) is 23.9 Å². The number of carboxylic acid groups (broad SMARTS) is 2. The van der Waals surface area contributed by atoms with E-state index in [9.17, 15) is 24.0 Å². The lowest BCUT2D eigenvalue weighted by atomic mass is 9.95. The van der Waals surface area contributed by atoms with E-state index in [1.54, 1.807) is 56.8 Å². The number of benzene rings is 2. The molecule has 0 bridgehead atoms. The lowest BCUT2D eigenvalue weighted by Crippen LogP contribution is -2.38. The second-order valence-electron chi connectivity index (χ2n) is 16.2. The molecule has 2 rings (SSSR count). The quantitative estimate of drug-likeness (QED) is 0.0834. The summed E-state index contributed by atoms with van der Waals surface area (Å²) in [6, 6.07) is 13.2. The SMILES string of the molecule is CC(C)(C)C(=O)NC(SCCOC(=O)C(C)(C)C)c1ccc(C(=O)O)cc1.CC(C)(C)NC(SCCOC(=O)C(C)(C)C)c1ccc(C(=O)O)cc1. The molecule has 0 spiro atoms. The summed E-state index contributed by atoms with van der Waals surface area (Å²) in [6.07, 6.45) is 0. The number of carboxylic acids is 2.